The minimum Gasteiger partial charge on any atom is -0.355 e. The summed E-state index contributed by atoms with van der Waals surface area (Å²) in [6, 6.07) is 10.6. The Kier molecular flexibility index (Phi) is 7.62. The molecule has 168 valence electrons. The second-order valence-electron chi connectivity index (χ2n) is 8.97. The van der Waals surface area contributed by atoms with Gasteiger partial charge in [-0.25, -0.2) is 0 Å². The fourth-order valence-electron chi connectivity index (χ4n) is 4.70. The number of piperidine rings is 1. The first-order valence-corrected chi connectivity index (χ1v) is 11.9. The number of piperazine rings is 1. The molecule has 2 aliphatic heterocycles. The van der Waals surface area contributed by atoms with E-state index in [4.69, 9.17) is 0 Å². The fourth-order valence-corrected chi connectivity index (χ4v) is 4.70. The van der Waals surface area contributed by atoms with Gasteiger partial charge in [-0.05, 0) is 31.2 Å². The number of guanidine groups is 1. The van der Waals surface area contributed by atoms with Gasteiger partial charge in [-0.15, -0.1) is 0 Å². The molecule has 1 aromatic rings. The molecule has 4 rings (SSSR count). The maximum Gasteiger partial charge on any atom is 0.225 e. The van der Waals surface area contributed by atoms with Gasteiger partial charge in [0.2, 0.25) is 5.91 Å². The van der Waals surface area contributed by atoms with Crippen LogP contribution < -0.4 is 5.32 Å². The molecule has 1 aliphatic carbocycles. The number of nitrogens with one attached hydrogen (secondary N) is 1. The zero-order valence-corrected chi connectivity index (χ0v) is 18.9. The average molecular weight is 424 g/mol. The highest BCUT2D eigenvalue weighted by molar-refractivity contribution is 5.80. The number of hydrogen-bond acceptors (Lipinski definition) is 3. The zero-order chi connectivity index (χ0) is 21.5. The van der Waals surface area contributed by atoms with Gasteiger partial charge in [-0.2, -0.15) is 0 Å². The smallest absolute Gasteiger partial charge is 0.225 e. The molecule has 1 saturated carbocycles. The van der Waals surface area contributed by atoms with Crippen LogP contribution in [0.3, 0.4) is 0 Å². The minimum atomic E-state index is 0.323. The van der Waals surface area contributed by atoms with Crippen molar-refractivity contribution in [1.82, 2.24) is 20.0 Å². The van der Waals surface area contributed by atoms with Gasteiger partial charge in [0.05, 0.1) is 0 Å². The van der Waals surface area contributed by atoms with Crippen LogP contribution in [0.1, 0.15) is 37.7 Å². The van der Waals surface area contributed by atoms with Crippen LogP contribution in [0.15, 0.2) is 40.9 Å². The first-order valence-electron chi connectivity index (χ1n) is 11.9. The van der Waals surface area contributed by atoms with Crippen molar-refractivity contribution >= 4 is 17.9 Å². The summed E-state index contributed by atoms with van der Waals surface area (Å²) in [6.45, 7) is 7.65. The number of likely N-dealkylation sites (tertiary alicyclic amines) is 1. The van der Waals surface area contributed by atoms with E-state index in [2.05, 4.69) is 61.4 Å². The van der Waals surface area contributed by atoms with E-state index in [1.807, 2.05) is 7.05 Å². The molecule has 1 N–H and O–H groups in total. The molecule has 0 unspecified atom stereocenters. The van der Waals surface area contributed by atoms with Crippen molar-refractivity contribution in [2.75, 3.05) is 59.4 Å². The lowest BCUT2D eigenvalue weighted by atomic mass is 9.84. The third-order valence-corrected chi connectivity index (χ3v) is 6.94. The molecule has 2 saturated heterocycles. The van der Waals surface area contributed by atoms with E-state index < -0.39 is 0 Å². The van der Waals surface area contributed by atoms with E-state index >= 15 is 0 Å². The molecule has 3 fully saturated rings. The van der Waals surface area contributed by atoms with Gasteiger partial charge < -0.3 is 15.1 Å². The Morgan fingerprint density at radius 3 is 2.35 bits per heavy atom. The Morgan fingerprint density at radius 1 is 1.03 bits per heavy atom. The summed E-state index contributed by atoms with van der Waals surface area (Å²) in [7, 11) is 1.88. The van der Waals surface area contributed by atoms with Crippen LogP contribution >= 0.6 is 0 Å². The summed E-state index contributed by atoms with van der Waals surface area (Å²) in [5.41, 5.74) is 2.81. The lowest BCUT2D eigenvalue weighted by Crippen LogP contribution is -2.53. The number of aliphatic imine (C=N–C) groups is 1. The maximum atomic E-state index is 12.4. The van der Waals surface area contributed by atoms with Gasteiger partial charge in [0.25, 0.3) is 0 Å². The molecule has 6 heteroatoms. The standard InChI is InChI=1S/C25H37N5O/c1-26-25(30-13-10-22(11-14-30)20-21-6-3-2-4-7-21)27-12-15-28-16-18-29(19-17-28)24(31)23-8-5-9-23/h2-4,6-7,20,23H,5,8-19H2,1H3,(H,26,27). The molecule has 6 nitrogen and oxygen atoms in total. The van der Waals surface area contributed by atoms with Crippen LogP contribution in [0.4, 0.5) is 0 Å². The molecule has 0 bridgehead atoms. The van der Waals surface area contributed by atoms with Crippen LogP contribution in [-0.2, 0) is 4.79 Å². The summed E-state index contributed by atoms with van der Waals surface area (Å²) in [5.74, 6) is 1.73. The van der Waals surface area contributed by atoms with Gasteiger partial charge >= 0.3 is 0 Å². The highest BCUT2D eigenvalue weighted by Gasteiger charge is 2.31. The largest absolute Gasteiger partial charge is 0.355 e. The Hall–Kier alpha value is -2.34. The summed E-state index contributed by atoms with van der Waals surface area (Å²) in [4.78, 5) is 23.8. The average Bonchev–Trinajstić information content (AvgIpc) is 2.77. The van der Waals surface area contributed by atoms with Crippen LogP contribution in [-0.4, -0.2) is 86.0 Å². The third kappa shape index (κ3) is 5.88. The van der Waals surface area contributed by atoms with Gasteiger partial charge in [-0.3, -0.25) is 14.7 Å². The van der Waals surface area contributed by atoms with E-state index in [9.17, 15) is 4.79 Å². The first kappa shape index (κ1) is 21.9. The Balaban J connectivity index is 1.15. The van der Waals surface area contributed by atoms with E-state index in [-0.39, 0.29) is 0 Å². The van der Waals surface area contributed by atoms with E-state index in [1.165, 1.54) is 17.6 Å². The Morgan fingerprint density at radius 2 is 1.74 bits per heavy atom. The quantitative estimate of drug-likeness (QED) is 0.584. The third-order valence-electron chi connectivity index (χ3n) is 6.94. The van der Waals surface area contributed by atoms with E-state index in [0.29, 0.717) is 11.8 Å². The molecule has 0 aromatic heterocycles. The van der Waals surface area contributed by atoms with Crippen molar-refractivity contribution < 1.29 is 4.79 Å². The summed E-state index contributed by atoms with van der Waals surface area (Å²) < 4.78 is 0. The number of nitrogens with zero attached hydrogens (tertiary/aromatic N) is 4. The lowest BCUT2D eigenvalue weighted by molar-refractivity contribution is -0.139. The molecule has 2 heterocycles. The van der Waals surface area contributed by atoms with Gasteiger partial charge in [-0.1, -0.05) is 48.4 Å². The molecule has 1 amide bonds. The number of carbonyl (C=O) groups excluding carboxylic acids is 1. The number of hydrogen-bond donors (Lipinski definition) is 1. The highest BCUT2D eigenvalue weighted by Crippen LogP contribution is 2.28. The van der Waals surface area contributed by atoms with Gasteiger partial charge in [0, 0.05) is 65.3 Å². The van der Waals surface area contributed by atoms with E-state index in [1.54, 1.807) is 0 Å². The number of benzene rings is 1. The van der Waals surface area contributed by atoms with Crippen LogP contribution in [0.5, 0.6) is 0 Å². The second-order valence-corrected chi connectivity index (χ2v) is 8.97. The predicted octanol–water partition coefficient (Wildman–Crippen LogP) is 2.69. The topological polar surface area (TPSA) is 51.2 Å². The van der Waals surface area contributed by atoms with Crippen LogP contribution in [0.25, 0.3) is 6.08 Å². The van der Waals surface area contributed by atoms with Crippen molar-refractivity contribution in [2.24, 2.45) is 10.9 Å². The SMILES string of the molecule is CN=C(NCCN1CCN(C(=O)C2CCC2)CC1)N1CCC(=Cc2ccccc2)CC1. The van der Waals surface area contributed by atoms with Crippen molar-refractivity contribution in [3.8, 4) is 0 Å². The lowest BCUT2D eigenvalue weighted by Gasteiger charge is -2.38. The molecule has 0 atom stereocenters. The van der Waals surface area contributed by atoms with E-state index in [0.717, 1.165) is 84.0 Å². The Bertz CT molecular complexity index is 768. The first-order chi connectivity index (χ1) is 15.2. The van der Waals surface area contributed by atoms with Crippen molar-refractivity contribution in [3.63, 3.8) is 0 Å². The van der Waals surface area contributed by atoms with Crippen molar-refractivity contribution in [1.29, 1.82) is 0 Å². The highest BCUT2D eigenvalue weighted by atomic mass is 16.2. The predicted molar refractivity (Wildman–Crippen MR) is 127 cm³/mol. The molecular weight excluding hydrogens is 386 g/mol. The van der Waals surface area contributed by atoms with Crippen LogP contribution in [0, 0.1) is 5.92 Å². The minimum absolute atomic E-state index is 0.323. The number of amides is 1. The second kappa shape index (κ2) is 10.8. The molecule has 0 spiro atoms. The number of carbonyl (C=O) groups is 1. The van der Waals surface area contributed by atoms with Gasteiger partial charge in [0.1, 0.15) is 0 Å². The van der Waals surface area contributed by atoms with Crippen molar-refractivity contribution in [3.05, 3.63) is 41.5 Å². The van der Waals surface area contributed by atoms with Crippen LogP contribution in [0.2, 0.25) is 0 Å². The molecule has 3 aliphatic rings. The van der Waals surface area contributed by atoms with Gasteiger partial charge in [0.15, 0.2) is 5.96 Å². The molecule has 1 aromatic carbocycles. The Labute approximate surface area is 187 Å². The molecule has 31 heavy (non-hydrogen) atoms. The zero-order valence-electron chi connectivity index (χ0n) is 18.9. The summed E-state index contributed by atoms with van der Waals surface area (Å²) in [6.07, 6.45) is 7.94. The summed E-state index contributed by atoms with van der Waals surface area (Å²) in [5, 5.41) is 3.56. The molecule has 0 radical (unpaired) electrons. The monoisotopic (exact) mass is 423 g/mol. The fraction of sp³-hybridized carbons (Fsp3) is 0.600. The molecular formula is C25H37N5O. The summed E-state index contributed by atoms with van der Waals surface area (Å²) >= 11 is 0. The van der Waals surface area contributed by atoms with Crippen molar-refractivity contribution in [2.45, 2.75) is 32.1 Å². The maximum absolute atomic E-state index is 12.4. The number of rotatable bonds is 5. The normalized spacial score (nSPS) is 21.1.